The maximum atomic E-state index is 9.50. The molecule has 0 amide bonds. The number of aliphatic hydroxyl groups is 1. The molecule has 1 aromatic heterocycles. The molecule has 0 unspecified atom stereocenters. The van der Waals surface area contributed by atoms with Crippen molar-refractivity contribution in [2.24, 2.45) is 0 Å². The normalized spacial score (nSPS) is 12.8. The van der Waals surface area contributed by atoms with E-state index in [-0.39, 0.29) is 6.61 Å². The topological polar surface area (TPSA) is 67.7 Å². The largest absolute Gasteiger partial charge is 0.496 e. The summed E-state index contributed by atoms with van der Waals surface area (Å²) < 4.78 is 10.6. The number of rotatable bonds is 4. The average molecular weight is 305 g/mol. The van der Waals surface area contributed by atoms with Gasteiger partial charge in [0.2, 0.25) is 0 Å². The summed E-state index contributed by atoms with van der Waals surface area (Å²) in [5, 5.41) is 10.3. The lowest BCUT2D eigenvalue weighted by molar-refractivity contribution is 0.204. The highest BCUT2D eigenvalue weighted by Gasteiger charge is 2.27. The maximum Gasteiger partial charge on any atom is 0.168 e. The first-order chi connectivity index (χ1) is 10.3. The molecule has 21 heavy (non-hydrogen) atoms. The van der Waals surface area contributed by atoms with Crippen LogP contribution in [0, 0.1) is 0 Å². The van der Waals surface area contributed by atoms with E-state index in [0.29, 0.717) is 12.5 Å². The summed E-state index contributed by atoms with van der Waals surface area (Å²) in [7, 11) is 3.23. The summed E-state index contributed by atoms with van der Waals surface area (Å²) >= 11 is 1.53. The van der Waals surface area contributed by atoms with Gasteiger partial charge in [0, 0.05) is 30.0 Å². The number of fused-ring (bicyclic) bond motifs is 2. The van der Waals surface area contributed by atoms with Crippen LogP contribution in [-0.4, -0.2) is 36.0 Å². The Morgan fingerprint density at radius 1 is 1.24 bits per heavy atom. The fourth-order valence-electron chi connectivity index (χ4n) is 2.25. The molecule has 7 heteroatoms. The van der Waals surface area contributed by atoms with Crippen molar-refractivity contribution in [3.63, 3.8) is 0 Å². The van der Waals surface area contributed by atoms with Crippen LogP contribution in [0.5, 0.6) is 5.75 Å². The van der Waals surface area contributed by atoms with Gasteiger partial charge < -0.3 is 14.6 Å². The van der Waals surface area contributed by atoms with Gasteiger partial charge in [-0.1, -0.05) is 11.8 Å². The lowest BCUT2D eigenvalue weighted by Crippen LogP contribution is -2.24. The molecule has 1 aliphatic rings. The highest BCUT2D eigenvalue weighted by atomic mass is 32.2. The quantitative estimate of drug-likeness (QED) is 0.928. The van der Waals surface area contributed by atoms with Crippen molar-refractivity contribution in [3.8, 4) is 5.75 Å². The Hall–Kier alpha value is -1.83. The van der Waals surface area contributed by atoms with Crippen LogP contribution in [0.1, 0.15) is 5.56 Å². The summed E-state index contributed by atoms with van der Waals surface area (Å²) in [5.74, 6) is 1.42. The second-order valence-corrected chi connectivity index (χ2v) is 5.45. The number of methoxy groups -OCH3 is 2. The van der Waals surface area contributed by atoms with Crippen LogP contribution in [0.25, 0.3) is 0 Å². The molecule has 3 rings (SSSR count). The van der Waals surface area contributed by atoms with Gasteiger partial charge in [-0.15, -0.1) is 0 Å². The molecular weight excluding hydrogens is 290 g/mol. The van der Waals surface area contributed by atoms with Crippen LogP contribution < -0.4 is 9.64 Å². The van der Waals surface area contributed by atoms with Crippen LogP contribution in [0.15, 0.2) is 34.4 Å². The smallest absolute Gasteiger partial charge is 0.168 e. The Morgan fingerprint density at radius 3 is 2.76 bits per heavy atom. The Morgan fingerprint density at radius 2 is 2.05 bits per heavy atom. The van der Waals surface area contributed by atoms with Crippen LogP contribution in [0.2, 0.25) is 0 Å². The van der Waals surface area contributed by atoms with Gasteiger partial charge in [0.15, 0.2) is 5.82 Å². The standard InChI is InChI=1S/C14H15N3O3S/c1-19-8-17-10-5-9(7-18)11(20-2)6-12(10)21-14-13(17)15-3-4-16-14/h3-6,18H,7-8H2,1-2H3. The average Bonchev–Trinajstić information content (AvgIpc) is 2.53. The first-order valence-corrected chi connectivity index (χ1v) is 7.17. The highest BCUT2D eigenvalue weighted by Crippen LogP contribution is 2.48. The first kappa shape index (κ1) is 14.1. The number of benzene rings is 1. The lowest BCUT2D eigenvalue weighted by atomic mass is 10.1. The molecule has 0 atom stereocenters. The van der Waals surface area contributed by atoms with E-state index < -0.39 is 0 Å². The van der Waals surface area contributed by atoms with Crippen molar-refractivity contribution < 1.29 is 14.6 Å². The van der Waals surface area contributed by atoms with Gasteiger partial charge in [-0.2, -0.15) is 0 Å². The lowest BCUT2D eigenvalue weighted by Gasteiger charge is -2.30. The molecule has 110 valence electrons. The SMILES string of the molecule is COCN1c2cc(CO)c(OC)cc2Sc2nccnc21. The van der Waals surface area contributed by atoms with Gasteiger partial charge in [0.05, 0.1) is 19.4 Å². The number of anilines is 2. The summed E-state index contributed by atoms with van der Waals surface area (Å²) in [6, 6.07) is 3.81. The number of hydrogen-bond acceptors (Lipinski definition) is 7. The van der Waals surface area contributed by atoms with Gasteiger partial charge in [0.25, 0.3) is 0 Å². The molecule has 0 saturated carbocycles. The molecule has 1 N–H and O–H groups in total. The van der Waals surface area contributed by atoms with Gasteiger partial charge in [0.1, 0.15) is 17.5 Å². The third-order valence-electron chi connectivity index (χ3n) is 3.19. The van der Waals surface area contributed by atoms with Gasteiger partial charge >= 0.3 is 0 Å². The van der Waals surface area contributed by atoms with Crippen molar-refractivity contribution in [1.29, 1.82) is 0 Å². The second-order valence-electron chi connectivity index (χ2n) is 4.42. The summed E-state index contributed by atoms with van der Waals surface area (Å²) in [4.78, 5) is 11.7. The Balaban J connectivity index is 2.15. The van der Waals surface area contributed by atoms with E-state index in [0.717, 1.165) is 27.0 Å². The molecule has 2 aromatic rings. The van der Waals surface area contributed by atoms with Gasteiger partial charge in [-0.05, 0) is 12.1 Å². The fraction of sp³-hybridized carbons (Fsp3) is 0.286. The van der Waals surface area contributed by atoms with Crippen LogP contribution in [0.4, 0.5) is 11.5 Å². The van der Waals surface area contributed by atoms with E-state index >= 15 is 0 Å². The molecule has 1 aromatic carbocycles. The number of aromatic nitrogens is 2. The molecule has 0 aliphatic carbocycles. The summed E-state index contributed by atoms with van der Waals surface area (Å²) in [5.41, 5.74) is 1.66. The molecular formula is C14H15N3O3S. The third kappa shape index (κ3) is 2.44. The summed E-state index contributed by atoms with van der Waals surface area (Å²) in [6.45, 7) is 0.270. The van der Waals surface area contributed by atoms with E-state index in [1.165, 1.54) is 11.8 Å². The Labute approximate surface area is 126 Å². The monoisotopic (exact) mass is 305 g/mol. The number of nitrogens with zero attached hydrogens (tertiary/aromatic N) is 3. The molecule has 0 spiro atoms. The molecule has 0 fully saturated rings. The molecule has 1 aliphatic heterocycles. The zero-order valence-corrected chi connectivity index (χ0v) is 12.6. The predicted octanol–water partition coefficient (Wildman–Crippen LogP) is 2.18. The van der Waals surface area contributed by atoms with Gasteiger partial charge in [-0.25, -0.2) is 9.97 Å². The maximum absolute atomic E-state index is 9.50. The van der Waals surface area contributed by atoms with E-state index in [9.17, 15) is 5.11 Å². The Kier molecular flexibility index (Phi) is 3.96. The molecule has 0 bridgehead atoms. The zero-order valence-electron chi connectivity index (χ0n) is 11.7. The number of aliphatic hydroxyl groups excluding tert-OH is 1. The molecule has 6 nitrogen and oxygen atoms in total. The fourth-order valence-corrected chi connectivity index (χ4v) is 3.27. The molecule has 2 heterocycles. The number of hydrogen-bond donors (Lipinski definition) is 1. The zero-order chi connectivity index (χ0) is 14.8. The van der Waals surface area contributed by atoms with Crippen LogP contribution in [0.3, 0.4) is 0 Å². The van der Waals surface area contributed by atoms with Crippen LogP contribution >= 0.6 is 11.8 Å². The highest BCUT2D eigenvalue weighted by molar-refractivity contribution is 7.99. The third-order valence-corrected chi connectivity index (χ3v) is 4.22. The molecule has 0 radical (unpaired) electrons. The van der Waals surface area contributed by atoms with E-state index in [1.807, 2.05) is 17.0 Å². The Bertz CT molecular complexity index is 666. The first-order valence-electron chi connectivity index (χ1n) is 6.35. The minimum atomic E-state index is -0.0880. The second kappa shape index (κ2) is 5.88. The van der Waals surface area contributed by atoms with Crippen molar-refractivity contribution in [1.82, 2.24) is 9.97 Å². The van der Waals surface area contributed by atoms with E-state index in [4.69, 9.17) is 9.47 Å². The van der Waals surface area contributed by atoms with E-state index in [2.05, 4.69) is 9.97 Å². The van der Waals surface area contributed by atoms with Gasteiger partial charge in [-0.3, -0.25) is 4.90 Å². The summed E-state index contributed by atoms with van der Waals surface area (Å²) in [6.07, 6.45) is 3.32. The predicted molar refractivity (Wildman–Crippen MR) is 79.1 cm³/mol. The van der Waals surface area contributed by atoms with E-state index in [1.54, 1.807) is 26.6 Å². The van der Waals surface area contributed by atoms with Crippen LogP contribution in [-0.2, 0) is 11.3 Å². The van der Waals surface area contributed by atoms with Crippen molar-refractivity contribution in [3.05, 3.63) is 30.1 Å². The van der Waals surface area contributed by atoms with Crippen molar-refractivity contribution in [2.75, 3.05) is 25.9 Å². The van der Waals surface area contributed by atoms with Crippen molar-refractivity contribution in [2.45, 2.75) is 16.5 Å². The van der Waals surface area contributed by atoms with Crippen molar-refractivity contribution >= 4 is 23.3 Å². The molecule has 0 saturated heterocycles. The minimum absolute atomic E-state index is 0.0880. The minimum Gasteiger partial charge on any atom is -0.496 e. The number of ether oxygens (including phenoxy) is 2.